The highest BCUT2D eigenvalue weighted by Crippen LogP contribution is 2.27. The molecule has 0 saturated carbocycles. The molecule has 3 aromatic rings. The molecule has 0 bridgehead atoms. The summed E-state index contributed by atoms with van der Waals surface area (Å²) in [5, 5.41) is 0. The van der Waals surface area contributed by atoms with Gasteiger partial charge < -0.3 is 9.88 Å². The molecule has 1 fully saturated rings. The smallest absolute Gasteiger partial charge is 0.255 e. The highest BCUT2D eigenvalue weighted by Gasteiger charge is 2.27. The van der Waals surface area contributed by atoms with Crippen molar-refractivity contribution in [3.8, 4) is 0 Å². The molecular weight excluding hydrogens is 288 g/mol. The largest absolute Gasteiger partial charge is 0.342 e. The molecular formula is C18H18N4O. The molecule has 0 spiro atoms. The van der Waals surface area contributed by atoms with E-state index in [2.05, 4.69) is 9.97 Å². The SMILES string of the molecule is O=C(c1cccnc1)N1CCC[C@@H](c2nc3ccccc3[nH]2)C1. The van der Waals surface area contributed by atoms with Crippen molar-refractivity contribution < 1.29 is 4.79 Å². The van der Waals surface area contributed by atoms with E-state index in [0.29, 0.717) is 12.1 Å². The van der Waals surface area contributed by atoms with Crippen LogP contribution in [0.15, 0.2) is 48.8 Å². The molecule has 2 aromatic heterocycles. The first-order valence-electron chi connectivity index (χ1n) is 7.95. The molecule has 1 atom stereocenters. The lowest BCUT2D eigenvalue weighted by molar-refractivity contribution is 0.0704. The lowest BCUT2D eigenvalue weighted by atomic mass is 9.97. The zero-order chi connectivity index (χ0) is 15.6. The summed E-state index contributed by atoms with van der Waals surface area (Å²) in [6.07, 6.45) is 5.36. The van der Waals surface area contributed by atoms with Crippen molar-refractivity contribution >= 4 is 16.9 Å². The van der Waals surface area contributed by atoms with E-state index in [4.69, 9.17) is 4.98 Å². The van der Waals surface area contributed by atoms with E-state index in [1.54, 1.807) is 18.5 Å². The third-order valence-electron chi connectivity index (χ3n) is 4.41. The molecule has 0 unspecified atom stereocenters. The summed E-state index contributed by atoms with van der Waals surface area (Å²) in [4.78, 5) is 26.7. The van der Waals surface area contributed by atoms with Gasteiger partial charge >= 0.3 is 0 Å². The van der Waals surface area contributed by atoms with E-state index in [0.717, 1.165) is 36.2 Å². The van der Waals surface area contributed by atoms with Crippen LogP contribution in [0.2, 0.25) is 0 Å². The number of fused-ring (bicyclic) bond motifs is 1. The second-order valence-electron chi connectivity index (χ2n) is 5.97. The number of likely N-dealkylation sites (tertiary alicyclic amines) is 1. The zero-order valence-corrected chi connectivity index (χ0v) is 12.8. The third-order valence-corrected chi connectivity index (χ3v) is 4.41. The van der Waals surface area contributed by atoms with Gasteiger partial charge in [0, 0.05) is 31.4 Å². The van der Waals surface area contributed by atoms with Crippen molar-refractivity contribution in [2.45, 2.75) is 18.8 Å². The molecule has 5 heteroatoms. The number of piperidine rings is 1. The summed E-state index contributed by atoms with van der Waals surface area (Å²) in [5.41, 5.74) is 2.69. The van der Waals surface area contributed by atoms with Crippen LogP contribution in [-0.2, 0) is 0 Å². The van der Waals surface area contributed by atoms with Gasteiger partial charge in [0.2, 0.25) is 0 Å². The molecule has 23 heavy (non-hydrogen) atoms. The summed E-state index contributed by atoms with van der Waals surface area (Å²) in [6, 6.07) is 11.7. The van der Waals surface area contributed by atoms with Gasteiger partial charge in [-0.2, -0.15) is 0 Å². The molecule has 4 rings (SSSR count). The molecule has 0 aliphatic carbocycles. The third kappa shape index (κ3) is 2.70. The quantitative estimate of drug-likeness (QED) is 0.791. The van der Waals surface area contributed by atoms with Gasteiger partial charge in [0.05, 0.1) is 16.6 Å². The Morgan fingerprint density at radius 2 is 2.13 bits per heavy atom. The van der Waals surface area contributed by atoms with Crippen LogP contribution in [0.5, 0.6) is 0 Å². The van der Waals surface area contributed by atoms with Gasteiger partial charge in [-0.1, -0.05) is 12.1 Å². The molecule has 3 heterocycles. The van der Waals surface area contributed by atoms with Crippen molar-refractivity contribution in [2.24, 2.45) is 0 Å². The van der Waals surface area contributed by atoms with Crippen LogP contribution >= 0.6 is 0 Å². The average molecular weight is 306 g/mol. The number of hydrogen-bond donors (Lipinski definition) is 1. The van der Waals surface area contributed by atoms with E-state index >= 15 is 0 Å². The predicted molar refractivity (Wildman–Crippen MR) is 88.2 cm³/mol. The van der Waals surface area contributed by atoms with E-state index in [1.807, 2.05) is 35.2 Å². The Hall–Kier alpha value is -2.69. The summed E-state index contributed by atoms with van der Waals surface area (Å²) >= 11 is 0. The molecule has 1 saturated heterocycles. The normalized spacial score (nSPS) is 18.3. The number of hydrogen-bond acceptors (Lipinski definition) is 3. The Labute approximate surface area is 134 Å². The molecule has 1 N–H and O–H groups in total. The van der Waals surface area contributed by atoms with Crippen LogP contribution in [-0.4, -0.2) is 38.8 Å². The number of nitrogens with one attached hydrogen (secondary N) is 1. The van der Waals surface area contributed by atoms with Crippen LogP contribution in [0.3, 0.4) is 0 Å². The standard InChI is InChI=1S/C18H18N4O/c23-18(13-5-3-9-19-11-13)22-10-4-6-14(12-22)17-20-15-7-1-2-8-16(15)21-17/h1-3,5,7-9,11,14H,4,6,10,12H2,(H,20,21)/t14-/m1/s1. The average Bonchev–Trinajstić information content (AvgIpc) is 3.06. The van der Waals surface area contributed by atoms with E-state index in [1.165, 1.54) is 0 Å². The minimum Gasteiger partial charge on any atom is -0.342 e. The highest BCUT2D eigenvalue weighted by molar-refractivity contribution is 5.94. The Balaban J connectivity index is 1.56. The van der Waals surface area contributed by atoms with Crippen molar-refractivity contribution in [3.63, 3.8) is 0 Å². The minimum absolute atomic E-state index is 0.0545. The maximum absolute atomic E-state index is 12.6. The van der Waals surface area contributed by atoms with Gasteiger partial charge in [0.25, 0.3) is 5.91 Å². The van der Waals surface area contributed by atoms with Crippen molar-refractivity contribution in [3.05, 3.63) is 60.2 Å². The number of rotatable bonds is 2. The summed E-state index contributed by atoms with van der Waals surface area (Å²) in [6.45, 7) is 1.50. The number of carbonyl (C=O) groups is 1. The number of pyridine rings is 1. The fourth-order valence-electron chi connectivity index (χ4n) is 3.22. The first-order valence-corrected chi connectivity index (χ1v) is 7.95. The summed E-state index contributed by atoms with van der Waals surface area (Å²) in [7, 11) is 0. The molecule has 0 radical (unpaired) electrons. The van der Waals surface area contributed by atoms with Gasteiger partial charge in [-0.3, -0.25) is 9.78 Å². The van der Waals surface area contributed by atoms with Crippen molar-refractivity contribution in [1.29, 1.82) is 0 Å². The van der Waals surface area contributed by atoms with Crippen molar-refractivity contribution in [2.75, 3.05) is 13.1 Å². The molecule has 1 aromatic carbocycles. The molecule has 5 nitrogen and oxygen atoms in total. The zero-order valence-electron chi connectivity index (χ0n) is 12.8. The van der Waals surface area contributed by atoms with Gasteiger partial charge in [-0.15, -0.1) is 0 Å². The Bertz CT molecular complexity index is 794. The topological polar surface area (TPSA) is 61.9 Å². The number of imidazole rings is 1. The van der Waals surface area contributed by atoms with E-state index < -0.39 is 0 Å². The van der Waals surface area contributed by atoms with Crippen LogP contribution < -0.4 is 0 Å². The number of aromatic nitrogens is 3. The summed E-state index contributed by atoms with van der Waals surface area (Å²) < 4.78 is 0. The van der Waals surface area contributed by atoms with Crippen molar-refractivity contribution in [1.82, 2.24) is 19.9 Å². The lowest BCUT2D eigenvalue weighted by Gasteiger charge is -2.31. The van der Waals surface area contributed by atoms with Crippen LogP contribution in [0.1, 0.15) is 34.9 Å². The Morgan fingerprint density at radius 3 is 2.96 bits per heavy atom. The fourth-order valence-corrected chi connectivity index (χ4v) is 3.22. The predicted octanol–water partition coefficient (Wildman–Crippen LogP) is 2.98. The van der Waals surface area contributed by atoms with Gasteiger partial charge in [0.1, 0.15) is 5.82 Å². The van der Waals surface area contributed by atoms with Crippen LogP contribution in [0, 0.1) is 0 Å². The maximum atomic E-state index is 12.6. The number of aromatic amines is 1. The first-order chi connectivity index (χ1) is 11.3. The van der Waals surface area contributed by atoms with Gasteiger partial charge in [0.15, 0.2) is 0 Å². The molecule has 1 amide bonds. The number of benzene rings is 1. The molecule has 1 aliphatic heterocycles. The Kier molecular flexibility index (Phi) is 3.54. The number of carbonyl (C=O) groups excluding carboxylic acids is 1. The monoisotopic (exact) mass is 306 g/mol. The first kappa shape index (κ1) is 13.9. The number of para-hydroxylation sites is 2. The molecule has 1 aliphatic rings. The molecule has 116 valence electrons. The highest BCUT2D eigenvalue weighted by atomic mass is 16.2. The number of H-pyrrole nitrogens is 1. The van der Waals surface area contributed by atoms with Crippen LogP contribution in [0.4, 0.5) is 0 Å². The van der Waals surface area contributed by atoms with Crippen LogP contribution in [0.25, 0.3) is 11.0 Å². The maximum Gasteiger partial charge on any atom is 0.255 e. The number of nitrogens with zero attached hydrogens (tertiary/aromatic N) is 3. The Morgan fingerprint density at radius 1 is 1.22 bits per heavy atom. The van der Waals surface area contributed by atoms with Gasteiger partial charge in [-0.25, -0.2) is 4.98 Å². The van der Waals surface area contributed by atoms with E-state index in [-0.39, 0.29) is 11.8 Å². The fraction of sp³-hybridized carbons (Fsp3) is 0.278. The second-order valence-corrected chi connectivity index (χ2v) is 5.97. The summed E-state index contributed by atoms with van der Waals surface area (Å²) in [5.74, 6) is 1.30. The van der Waals surface area contributed by atoms with E-state index in [9.17, 15) is 4.79 Å². The second kappa shape index (κ2) is 5.83. The van der Waals surface area contributed by atoms with Gasteiger partial charge in [-0.05, 0) is 37.1 Å². The number of amides is 1. The minimum atomic E-state index is 0.0545. The lowest BCUT2D eigenvalue weighted by Crippen LogP contribution is -2.39.